The van der Waals surface area contributed by atoms with Crippen LogP contribution in [0, 0.1) is 105 Å². The Morgan fingerprint density at radius 3 is 1.39 bits per heavy atom. The van der Waals surface area contributed by atoms with Crippen LogP contribution in [0.15, 0.2) is 0 Å². The van der Waals surface area contributed by atoms with Crippen molar-refractivity contribution in [3.05, 3.63) is 0 Å². The highest BCUT2D eigenvalue weighted by molar-refractivity contribution is 7.90. The maximum absolute atomic E-state index is 12.8. The van der Waals surface area contributed by atoms with Crippen LogP contribution >= 0.6 is 0 Å². The van der Waals surface area contributed by atoms with Gasteiger partial charge < -0.3 is 52.1 Å². The standard InChI is InChI=1S/C14H20O7S.2C9H12O6S.C8H9F3O4S.2C8H9NO4S.2C8H12O4S/c1-8-12-14(7-20-10(3)16)5-13(8,6-19-9(2)15)4-11(14)22(17,18)21-12;1-4-5-3-9(8(10)13-2)7(14-5)6(4)15-16(9,11)12;1-3-5-4(9(10)13-2)8-7(14-5)6(3)15-16(8,11)12;1-2-4-3(8(9,10)11)7-6(14-4)5(2)15-16(7,12)13;1-4-5-2-8(3-9)7(12-5)6(4)13-14(8,10)11;1-3-5-4(2-9)8-7(12-5)6(3)13-14(8,10)11;1-4-5-3-8(2)7(11-5)6(4)12-13(8,9)10;1-3-5-4(2)8-7(11-5)6(3)12-13(8,9)10/h8,11-12H,4-7H2,1-3H3;4-7H,3H2,1-2H3;3-8H,1-2H3;2-7H,1H3;4-7H,2H2,1H3;3-8H,1H3;4-7H,3H2,1-2H3;3-8H,1-2H3. The minimum absolute atomic E-state index is 0.0000520. The smallest absolute Gasteiger partial charge is 0.395 e. The SMILES string of the molecule is CC(=O)OCC12CC3C(COC(C)=O)(C1)C(OS3(=O)=O)C2C.CC1C2CC3(C#N)C(O2)C1OS3(=O)=O.CC1C2CC3(C)C(O2)C1OS3(=O)=O.CC1C2OC3C1OS(=O)(=O)C3C2C.CC1C2OC3C1OS(=O)(=O)C3C2C#N.CC1C2OS(=O)(=O)C3C2OC1C3C(F)(F)F.COC(=O)C12CC3OC1C(OS2(=O)=O)C3C.COC(=O)C1C2OC3C(OS(=O)(=O)C31)C2C. The van der Waals surface area contributed by atoms with Crippen molar-refractivity contribution in [1.29, 1.82) is 10.5 Å². The second-order valence-corrected chi connectivity index (χ2v) is 51.8. The zero-order valence-electron chi connectivity index (χ0n) is 68.7. The molecule has 2 saturated carbocycles. The van der Waals surface area contributed by atoms with E-state index in [9.17, 15) is 99.7 Å². The van der Waals surface area contributed by atoms with Gasteiger partial charge in [-0.1, -0.05) is 62.3 Å². The van der Waals surface area contributed by atoms with E-state index in [1.54, 1.807) is 6.92 Å². The molecule has 41 nitrogen and oxygen atoms in total. The summed E-state index contributed by atoms with van der Waals surface area (Å²) in [6, 6.07) is 3.90. The van der Waals surface area contributed by atoms with Gasteiger partial charge in [0, 0.05) is 79.4 Å². The summed E-state index contributed by atoms with van der Waals surface area (Å²) in [6.45, 7) is 21.4. The van der Waals surface area contributed by atoms with Gasteiger partial charge in [0.15, 0.2) is 0 Å². The number of fused-ring (bicyclic) bond motifs is 8. The van der Waals surface area contributed by atoms with E-state index in [1.807, 2.05) is 67.5 Å². The topological polar surface area (TPSA) is 564 Å². The molecule has 24 fully saturated rings. The average molecular weight is 1930 g/mol. The number of halogens is 3. The van der Waals surface area contributed by atoms with Gasteiger partial charge in [-0.3, -0.25) is 52.6 Å². The highest BCUT2D eigenvalue weighted by Crippen LogP contribution is 2.71. The van der Waals surface area contributed by atoms with Crippen LogP contribution in [0.2, 0.25) is 0 Å². The number of nitrogens with zero attached hydrogens (tertiary/aromatic N) is 2. The fourth-order valence-corrected chi connectivity index (χ4v) is 39.9. The molecular weight excluding hydrogens is 1830 g/mol. The van der Waals surface area contributed by atoms with Gasteiger partial charge in [-0.05, 0) is 32.1 Å². The lowest BCUT2D eigenvalue weighted by Crippen LogP contribution is -2.52. The zero-order valence-corrected chi connectivity index (χ0v) is 75.2. The lowest BCUT2D eigenvalue weighted by atomic mass is 9.73. The molecule has 22 aliphatic heterocycles. The third-order valence-electron chi connectivity index (χ3n) is 31.3. The summed E-state index contributed by atoms with van der Waals surface area (Å²) >= 11 is 0. The van der Waals surface area contributed by atoms with Gasteiger partial charge in [-0.2, -0.15) is 91.0 Å². The highest BCUT2D eigenvalue weighted by atomic mass is 32.3. The first-order valence-corrected chi connectivity index (χ1v) is 52.2. The molecule has 16 bridgehead atoms. The molecular formula is C72H95F3N2O39S8. The fourth-order valence-electron chi connectivity index (χ4n) is 24.9. The second-order valence-electron chi connectivity index (χ2n) is 37.4. The second kappa shape index (κ2) is 29.3. The Balaban J connectivity index is 0.000000101. The zero-order chi connectivity index (χ0) is 90.6. The number of rotatable bonds is 6. The average Bonchev–Trinajstić information content (AvgIpc) is 1.40. The van der Waals surface area contributed by atoms with E-state index in [4.69, 9.17) is 86.6 Å². The number of alkyl halides is 3. The van der Waals surface area contributed by atoms with E-state index in [0.29, 0.717) is 19.3 Å². The summed E-state index contributed by atoms with van der Waals surface area (Å²) in [5, 5.41) is 13.6. The van der Waals surface area contributed by atoms with Crippen molar-refractivity contribution >= 4 is 105 Å². The minimum atomic E-state index is -4.57. The number of carbonyl (C=O) groups is 4. The summed E-state index contributed by atoms with van der Waals surface area (Å²) in [4.78, 5) is 45.6. The molecule has 0 aromatic rings. The summed E-state index contributed by atoms with van der Waals surface area (Å²) in [7, 11) is -27.1. The Morgan fingerprint density at radius 2 is 0.863 bits per heavy atom. The Labute approximate surface area is 713 Å². The Hall–Kier alpha value is -4.35. The van der Waals surface area contributed by atoms with Crippen molar-refractivity contribution in [1.82, 2.24) is 0 Å². The van der Waals surface area contributed by atoms with Crippen molar-refractivity contribution in [3.63, 3.8) is 0 Å². The van der Waals surface area contributed by atoms with Gasteiger partial charge in [0.05, 0.1) is 98.4 Å². The van der Waals surface area contributed by atoms with Crippen LogP contribution in [0.5, 0.6) is 0 Å². The summed E-state index contributed by atoms with van der Waals surface area (Å²) in [6.07, 6.45) is -11.7. The molecule has 696 valence electrons. The van der Waals surface area contributed by atoms with Crippen LogP contribution in [0.1, 0.15) is 115 Å². The van der Waals surface area contributed by atoms with Crippen molar-refractivity contribution in [2.45, 2.75) is 296 Å². The molecule has 124 heavy (non-hydrogen) atoms. The summed E-state index contributed by atoms with van der Waals surface area (Å²) in [5.41, 5.74) is -1.14. The van der Waals surface area contributed by atoms with E-state index in [0.717, 1.165) is 0 Å². The van der Waals surface area contributed by atoms with Crippen molar-refractivity contribution in [3.8, 4) is 12.1 Å². The molecule has 0 spiro atoms. The van der Waals surface area contributed by atoms with E-state index in [-0.39, 0.29) is 140 Å². The van der Waals surface area contributed by atoms with E-state index in [2.05, 4.69) is 9.47 Å². The molecule has 24 aliphatic rings. The Morgan fingerprint density at radius 1 is 0.419 bits per heavy atom. The predicted molar refractivity (Wildman–Crippen MR) is 399 cm³/mol. The van der Waals surface area contributed by atoms with E-state index >= 15 is 0 Å². The largest absolute Gasteiger partial charge is 0.469 e. The summed E-state index contributed by atoms with van der Waals surface area (Å²) < 4.78 is 320. The first-order valence-electron chi connectivity index (χ1n) is 40.6. The normalized spacial score (nSPS) is 54.0. The molecule has 22 heterocycles. The van der Waals surface area contributed by atoms with Crippen LogP contribution in [0.25, 0.3) is 0 Å². The molecule has 0 aromatic heterocycles. The molecule has 2 aliphatic carbocycles. The monoisotopic (exact) mass is 1920 g/mol. The summed E-state index contributed by atoms with van der Waals surface area (Å²) in [5.74, 6) is -5.51. The number of carbonyl (C=O) groups excluding carboxylic acids is 4. The number of methoxy groups -OCH3 is 2. The van der Waals surface area contributed by atoms with Gasteiger partial charge in [0.2, 0.25) is 9.49 Å². The van der Waals surface area contributed by atoms with Gasteiger partial charge in [0.1, 0.15) is 130 Å². The van der Waals surface area contributed by atoms with E-state index < -0.39 is 253 Å². The van der Waals surface area contributed by atoms with Crippen molar-refractivity contribution in [2.75, 3.05) is 27.4 Å². The van der Waals surface area contributed by atoms with Gasteiger partial charge in [-0.15, -0.1) is 0 Å². The Kier molecular flexibility index (Phi) is 21.6. The molecule has 22 saturated heterocycles. The number of nitriles is 2. The maximum Gasteiger partial charge on any atom is 0.395 e. The predicted octanol–water partition coefficient (Wildman–Crippen LogP) is -0.128. The van der Waals surface area contributed by atoms with Crippen LogP contribution < -0.4 is 0 Å². The molecule has 0 radical (unpaired) electrons. The first kappa shape index (κ1) is 91.5. The first-order chi connectivity index (χ1) is 57.3. The molecule has 24 rings (SSSR count). The molecule has 44 unspecified atom stereocenters. The van der Waals surface area contributed by atoms with Crippen LogP contribution in [-0.4, -0.2) is 300 Å². The van der Waals surface area contributed by atoms with Crippen LogP contribution in [0.4, 0.5) is 13.2 Å². The third-order valence-corrected chi connectivity index (χ3v) is 45.9. The Bertz CT molecular complexity index is 5550. The third kappa shape index (κ3) is 12.7. The molecule has 52 heteroatoms. The van der Waals surface area contributed by atoms with Crippen molar-refractivity contribution in [2.24, 2.45) is 81.8 Å². The number of ether oxygens (including phenoxy) is 11. The molecule has 0 N–H and O–H groups in total. The minimum Gasteiger partial charge on any atom is -0.469 e. The highest BCUT2D eigenvalue weighted by Gasteiger charge is 2.82. The number of esters is 4. The van der Waals surface area contributed by atoms with E-state index in [1.165, 1.54) is 35.0 Å². The number of hydrogen-bond acceptors (Lipinski definition) is 41. The van der Waals surface area contributed by atoms with Gasteiger partial charge in [0.25, 0.3) is 80.9 Å². The van der Waals surface area contributed by atoms with Crippen LogP contribution in [0.3, 0.4) is 0 Å². The van der Waals surface area contributed by atoms with Crippen LogP contribution in [-0.2, 0) is 186 Å². The molecule has 44 atom stereocenters. The van der Waals surface area contributed by atoms with Gasteiger partial charge >= 0.3 is 30.1 Å². The quantitative estimate of drug-likeness (QED) is 0.190. The fraction of sp³-hybridized carbons (Fsp3) is 0.917. The maximum atomic E-state index is 12.8. The van der Waals surface area contributed by atoms with Gasteiger partial charge in [-0.25, -0.2) is 0 Å². The molecule has 0 amide bonds. The lowest BCUT2D eigenvalue weighted by Gasteiger charge is -2.35. The molecule has 0 aromatic carbocycles. The lowest BCUT2D eigenvalue weighted by molar-refractivity contribution is -0.189. The number of hydrogen-bond donors (Lipinski definition) is 0. The van der Waals surface area contributed by atoms with Crippen molar-refractivity contribution < 1.29 is 185 Å².